The summed E-state index contributed by atoms with van der Waals surface area (Å²) in [5, 5.41) is 4.74. The first kappa shape index (κ1) is 27.2. The van der Waals surface area contributed by atoms with Crippen LogP contribution in [-0.2, 0) is 14.8 Å². The molecule has 3 aromatic carbocycles. The van der Waals surface area contributed by atoms with Crippen LogP contribution in [-0.4, -0.2) is 31.7 Å². The SMILES string of the molecule is Cc1ccc(N(CC(=O)N/N=C\c2cc(C)n(-c3ccccc3Cl)c2C)S(=O)(=O)c2ccccc2)c(C)c1. The second-order valence-electron chi connectivity index (χ2n) is 9.02. The molecule has 1 N–H and O–H groups in total. The van der Waals surface area contributed by atoms with Gasteiger partial charge in [-0.25, -0.2) is 13.8 Å². The number of hydrazone groups is 1. The Morgan fingerprint density at radius 3 is 2.34 bits per heavy atom. The van der Waals surface area contributed by atoms with E-state index in [2.05, 4.69) is 10.5 Å². The molecular weight excluding hydrogens is 520 g/mol. The number of aromatic nitrogens is 1. The molecule has 0 fully saturated rings. The fraction of sp³-hybridized carbons (Fsp3) is 0.172. The predicted octanol–water partition coefficient (Wildman–Crippen LogP) is 5.71. The van der Waals surface area contributed by atoms with Crippen LogP contribution in [0.3, 0.4) is 0 Å². The number of carbonyl (C=O) groups excluding carboxylic acids is 1. The molecule has 0 radical (unpaired) electrons. The average molecular weight is 549 g/mol. The lowest BCUT2D eigenvalue weighted by Crippen LogP contribution is -2.40. The fourth-order valence-electron chi connectivity index (χ4n) is 4.37. The zero-order chi connectivity index (χ0) is 27.4. The summed E-state index contributed by atoms with van der Waals surface area (Å²) in [6.07, 6.45) is 1.54. The molecule has 1 heterocycles. The molecule has 38 heavy (non-hydrogen) atoms. The van der Waals surface area contributed by atoms with Gasteiger partial charge in [0, 0.05) is 17.0 Å². The summed E-state index contributed by atoms with van der Waals surface area (Å²) < 4.78 is 30.2. The van der Waals surface area contributed by atoms with Crippen molar-refractivity contribution >= 4 is 39.4 Å². The van der Waals surface area contributed by atoms with Crippen LogP contribution in [0.1, 0.15) is 28.1 Å². The Bertz CT molecular complexity index is 1610. The quantitative estimate of drug-likeness (QED) is 0.226. The summed E-state index contributed by atoms with van der Waals surface area (Å²) in [5.41, 5.74) is 8.15. The van der Waals surface area contributed by atoms with Crippen LogP contribution in [0, 0.1) is 27.7 Å². The van der Waals surface area contributed by atoms with Gasteiger partial charge in [0.15, 0.2) is 0 Å². The molecule has 0 aliphatic heterocycles. The molecule has 0 saturated carbocycles. The summed E-state index contributed by atoms with van der Waals surface area (Å²) in [7, 11) is -4.00. The number of anilines is 1. The third kappa shape index (κ3) is 5.66. The molecule has 1 aromatic heterocycles. The normalized spacial score (nSPS) is 11.6. The van der Waals surface area contributed by atoms with Gasteiger partial charge in [-0.15, -0.1) is 0 Å². The molecule has 4 aromatic rings. The molecule has 0 saturated heterocycles. The molecule has 0 aliphatic carbocycles. The lowest BCUT2D eigenvalue weighted by atomic mass is 10.1. The van der Waals surface area contributed by atoms with Crippen LogP contribution < -0.4 is 9.73 Å². The van der Waals surface area contributed by atoms with Crippen LogP contribution in [0.4, 0.5) is 5.69 Å². The molecule has 9 heteroatoms. The maximum Gasteiger partial charge on any atom is 0.264 e. The first-order valence-corrected chi connectivity index (χ1v) is 13.8. The summed E-state index contributed by atoms with van der Waals surface area (Å²) >= 11 is 6.39. The van der Waals surface area contributed by atoms with Crippen molar-refractivity contribution in [1.82, 2.24) is 9.99 Å². The first-order chi connectivity index (χ1) is 18.1. The van der Waals surface area contributed by atoms with Gasteiger partial charge in [-0.05, 0) is 69.7 Å². The number of nitrogens with one attached hydrogen (secondary N) is 1. The van der Waals surface area contributed by atoms with Crippen molar-refractivity contribution in [2.45, 2.75) is 32.6 Å². The molecule has 0 spiro atoms. The second kappa shape index (κ2) is 11.2. The van der Waals surface area contributed by atoms with E-state index in [1.54, 1.807) is 30.5 Å². The number of nitrogens with zero attached hydrogens (tertiary/aromatic N) is 3. The third-order valence-corrected chi connectivity index (χ3v) is 8.29. The van der Waals surface area contributed by atoms with E-state index in [1.807, 2.05) is 74.7 Å². The average Bonchev–Trinajstić information content (AvgIpc) is 3.16. The van der Waals surface area contributed by atoms with Crippen molar-refractivity contribution in [2.75, 3.05) is 10.8 Å². The summed E-state index contributed by atoms with van der Waals surface area (Å²) in [5.74, 6) is -0.569. The summed E-state index contributed by atoms with van der Waals surface area (Å²) in [4.78, 5) is 13.0. The number of sulfonamides is 1. The highest BCUT2D eigenvalue weighted by atomic mass is 35.5. The van der Waals surface area contributed by atoms with E-state index in [0.717, 1.165) is 38.1 Å². The number of carbonyl (C=O) groups is 1. The van der Waals surface area contributed by atoms with Gasteiger partial charge < -0.3 is 4.57 Å². The number of rotatable bonds is 8. The van der Waals surface area contributed by atoms with Gasteiger partial charge in [0.05, 0.1) is 27.5 Å². The minimum Gasteiger partial charge on any atom is -0.316 e. The Balaban J connectivity index is 1.58. The minimum atomic E-state index is -4.00. The molecule has 0 aliphatic rings. The molecule has 7 nitrogen and oxygen atoms in total. The molecule has 196 valence electrons. The van der Waals surface area contributed by atoms with E-state index >= 15 is 0 Å². The second-order valence-corrected chi connectivity index (χ2v) is 11.3. The van der Waals surface area contributed by atoms with E-state index in [9.17, 15) is 13.2 Å². The highest BCUT2D eigenvalue weighted by Gasteiger charge is 2.28. The van der Waals surface area contributed by atoms with E-state index in [0.29, 0.717) is 10.7 Å². The topological polar surface area (TPSA) is 83.8 Å². The number of para-hydroxylation sites is 1. The van der Waals surface area contributed by atoms with E-state index < -0.39 is 22.5 Å². The Morgan fingerprint density at radius 2 is 1.66 bits per heavy atom. The minimum absolute atomic E-state index is 0.100. The van der Waals surface area contributed by atoms with Gasteiger partial charge in [0.1, 0.15) is 6.54 Å². The number of hydrogen-bond donors (Lipinski definition) is 1. The number of benzene rings is 3. The molecule has 0 atom stereocenters. The lowest BCUT2D eigenvalue weighted by molar-refractivity contribution is -0.119. The zero-order valence-electron chi connectivity index (χ0n) is 21.6. The Hall–Kier alpha value is -3.88. The van der Waals surface area contributed by atoms with Crippen LogP contribution in [0.2, 0.25) is 5.02 Å². The van der Waals surface area contributed by atoms with Crippen molar-refractivity contribution < 1.29 is 13.2 Å². The van der Waals surface area contributed by atoms with Crippen molar-refractivity contribution in [3.05, 3.63) is 112 Å². The first-order valence-electron chi connectivity index (χ1n) is 12.0. The Kier molecular flexibility index (Phi) is 8.04. The smallest absolute Gasteiger partial charge is 0.264 e. The summed E-state index contributed by atoms with van der Waals surface area (Å²) in [6, 6.07) is 23.0. The highest BCUT2D eigenvalue weighted by molar-refractivity contribution is 7.92. The van der Waals surface area contributed by atoms with Gasteiger partial charge in [-0.3, -0.25) is 9.10 Å². The number of hydrogen-bond acceptors (Lipinski definition) is 4. The molecule has 4 rings (SSSR count). The number of halogens is 1. The lowest BCUT2D eigenvalue weighted by Gasteiger charge is -2.25. The molecular formula is C29H29ClN4O3S. The standard InChI is InChI=1S/C29H29ClN4O3S/c1-20-14-15-27(21(2)16-20)33(38(36,37)25-10-6-5-7-11-25)19-29(35)32-31-18-24-17-22(3)34(23(24)4)28-13-9-8-12-26(28)30/h5-18H,19H2,1-4H3,(H,32,35)/b31-18-. The van der Waals surface area contributed by atoms with E-state index in [4.69, 9.17) is 11.6 Å². The highest BCUT2D eigenvalue weighted by Crippen LogP contribution is 2.28. The molecule has 0 bridgehead atoms. The Labute approximate surface area is 228 Å². The summed E-state index contributed by atoms with van der Waals surface area (Å²) in [6.45, 7) is 7.21. The van der Waals surface area contributed by atoms with Crippen molar-refractivity contribution in [3.63, 3.8) is 0 Å². The fourth-order valence-corrected chi connectivity index (χ4v) is 6.09. The monoisotopic (exact) mass is 548 g/mol. The van der Waals surface area contributed by atoms with E-state index in [-0.39, 0.29) is 4.90 Å². The third-order valence-electron chi connectivity index (χ3n) is 6.20. The van der Waals surface area contributed by atoms with Gasteiger partial charge in [-0.1, -0.05) is 59.6 Å². The van der Waals surface area contributed by atoms with Crippen molar-refractivity contribution in [1.29, 1.82) is 0 Å². The van der Waals surface area contributed by atoms with Crippen molar-refractivity contribution in [2.24, 2.45) is 5.10 Å². The largest absolute Gasteiger partial charge is 0.316 e. The van der Waals surface area contributed by atoms with Crippen LogP contribution in [0.15, 0.2) is 88.9 Å². The molecule has 1 amide bonds. The van der Waals surface area contributed by atoms with Crippen LogP contribution in [0.5, 0.6) is 0 Å². The zero-order valence-corrected chi connectivity index (χ0v) is 23.2. The number of aryl methyl sites for hydroxylation is 3. The molecule has 0 unspecified atom stereocenters. The van der Waals surface area contributed by atoms with Crippen molar-refractivity contribution in [3.8, 4) is 5.69 Å². The Morgan fingerprint density at radius 1 is 0.974 bits per heavy atom. The van der Waals surface area contributed by atoms with Gasteiger partial charge >= 0.3 is 0 Å². The van der Waals surface area contributed by atoms with E-state index in [1.165, 1.54) is 12.1 Å². The van der Waals surface area contributed by atoms with Crippen LogP contribution >= 0.6 is 11.6 Å². The number of amides is 1. The predicted molar refractivity (Wildman–Crippen MR) is 153 cm³/mol. The maximum absolute atomic E-state index is 13.5. The maximum atomic E-state index is 13.5. The van der Waals surface area contributed by atoms with Gasteiger partial charge in [0.25, 0.3) is 15.9 Å². The van der Waals surface area contributed by atoms with Gasteiger partial charge in [0.2, 0.25) is 0 Å². The van der Waals surface area contributed by atoms with Crippen LogP contribution in [0.25, 0.3) is 5.69 Å². The van der Waals surface area contributed by atoms with Gasteiger partial charge in [-0.2, -0.15) is 5.10 Å².